The first-order valence-corrected chi connectivity index (χ1v) is 16.3. The molecule has 10 nitrogen and oxygen atoms in total. The van der Waals surface area contributed by atoms with Crippen LogP contribution in [0.4, 0.5) is 0 Å². The summed E-state index contributed by atoms with van der Waals surface area (Å²) in [5.41, 5.74) is -0.572. The summed E-state index contributed by atoms with van der Waals surface area (Å²) >= 11 is 0. The average Bonchev–Trinajstić information content (AvgIpc) is 3.07. The van der Waals surface area contributed by atoms with E-state index in [0.717, 1.165) is 64.2 Å². The zero-order valence-corrected chi connectivity index (χ0v) is 27.5. The Labute approximate surface area is 272 Å². The molecular formula is C36H50O10. The zero-order chi connectivity index (χ0) is 33.8. The number of ether oxygens (including phenoxy) is 4. The van der Waals surface area contributed by atoms with Crippen LogP contribution in [-0.4, -0.2) is 60.5 Å². The molecule has 2 aromatic carbocycles. The van der Waals surface area contributed by atoms with Gasteiger partial charge in [0.25, 0.3) is 0 Å². The second-order valence-corrected chi connectivity index (χ2v) is 12.0. The molecule has 0 bridgehead atoms. The summed E-state index contributed by atoms with van der Waals surface area (Å²) in [6, 6.07) is 12.3. The zero-order valence-electron chi connectivity index (χ0n) is 27.5. The highest BCUT2D eigenvalue weighted by Gasteiger charge is 2.33. The van der Waals surface area contributed by atoms with Crippen molar-refractivity contribution < 1.29 is 48.3 Å². The number of aliphatic hydroxyl groups is 2. The number of hydrogen-bond donors (Lipinski definition) is 2. The third-order valence-electron chi connectivity index (χ3n) is 7.77. The third-order valence-corrected chi connectivity index (χ3v) is 7.77. The quantitative estimate of drug-likeness (QED) is 0.0835. The molecule has 0 aromatic heterocycles. The molecule has 0 amide bonds. The van der Waals surface area contributed by atoms with Gasteiger partial charge in [-0.3, -0.25) is 9.59 Å². The van der Waals surface area contributed by atoms with Gasteiger partial charge >= 0.3 is 23.9 Å². The molecule has 0 heterocycles. The molecule has 2 rings (SSSR count). The fourth-order valence-electron chi connectivity index (χ4n) is 4.21. The van der Waals surface area contributed by atoms with Crippen LogP contribution in [0.3, 0.4) is 0 Å². The van der Waals surface area contributed by atoms with Crippen LogP contribution in [0.2, 0.25) is 0 Å². The number of rotatable bonds is 22. The van der Waals surface area contributed by atoms with Crippen LogP contribution in [0.1, 0.15) is 112 Å². The molecular weight excluding hydrogens is 592 g/mol. The number of benzene rings is 2. The van der Waals surface area contributed by atoms with E-state index in [4.69, 9.17) is 18.9 Å². The van der Waals surface area contributed by atoms with Gasteiger partial charge < -0.3 is 29.2 Å². The van der Waals surface area contributed by atoms with Gasteiger partial charge in [0.2, 0.25) is 0 Å². The van der Waals surface area contributed by atoms with Gasteiger partial charge in [0, 0.05) is 6.42 Å². The molecule has 254 valence electrons. The maximum absolute atomic E-state index is 12.5. The second kappa shape index (κ2) is 21.1. The van der Waals surface area contributed by atoms with E-state index in [1.807, 2.05) is 13.8 Å². The van der Waals surface area contributed by atoms with Crippen molar-refractivity contribution in [2.24, 2.45) is 11.3 Å². The Kier molecular flexibility index (Phi) is 17.6. The first-order valence-electron chi connectivity index (χ1n) is 16.3. The normalized spacial score (nSPS) is 11.8. The van der Waals surface area contributed by atoms with E-state index in [9.17, 15) is 29.4 Å². The number of carbonyl (C=O) groups is 4. The molecule has 0 fully saturated rings. The van der Waals surface area contributed by atoms with Crippen LogP contribution < -0.4 is 9.47 Å². The van der Waals surface area contributed by atoms with Crippen molar-refractivity contribution in [2.75, 3.05) is 26.4 Å². The highest BCUT2D eigenvalue weighted by molar-refractivity contribution is 5.92. The molecule has 0 saturated heterocycles. The van der Waals surface area contributed by atoms with Crippen molar-refractivity contribution in [1.82, 2.24) is 0 Å². The van der Waals surface area contributed by atoms with Gasteiger partial charge in [-0.25, -0.2) is 9.59 Å². The lowest BCUT2D eigenvalue weighted by atomic mass is 9.93. The minimum atomic E-state index is -1.25. The van der Waals surface area contributed by atoms with E-state index in [1.165, 1.54) is 31.2 Å². The van der Waals surface area contributed by atoms with Crippen molar-refractivity contribution in [2.45, 2.75) is 91.4 Å². The average molecular weight is 643 g/mol. The fraction of sp³-hybridized carbons (Fsp3) is 0.556. The summed E-state index contributed by atoms with van der Waals surface area (Å²) in [7, 11) is 0. The Bertz CT molecular complexity index is 1200. The molecule has 0 aliphatic heterocycles. The Morgan fingerprint density at radius 2 is 1.15 bits per heavy atom. The van der Waals surface area contributed by atoms with Gasteiger partial charge in [0.1, 0.15) is 16.9 Å². The maximum atomic E-state index is 12.5. The van der Waals surface area contributed by atoms with Gasteiger partial charge in [-0.15, -0.1) is 0 Å². The number of carbonyl (C=O) groups excluding carboxylic acids is 4. The van der Waals surface area contributed by atoms with Crippen LogP contribution in [0, 0.1) is 11.3 Å². The van der Waals surface area contributed by atoms with Crippen molar-refractivity contribution in [1.29, 1.82) is 0 Å². The van der Waals surface area contributed by atoms with Crippen LogP contribution >= 0.6 is 0 Å². The van der Waals surface area contributed by atoms with Gasteiger partial charge in [0.05, 0.1) is 37.6 Å². The van der Waals surface area contributed by atoms with E-state index in [1.54, 1.807) is 24.3 Å². The largest absolute Gasteiger partial charge is 0.465 e. The van der Waals surface area contributed by atoms with Gasteiger partial charge in [-0.2, -0.15) is 0 Å². The smallest absolute Gasteiger partial charge is 0.343 e. The molecule has 1 atom stereocenters. The highest BCUT2D eigenvalue weighted by atomic mass is 16.5. The molecule has 46 heavy (non-hydrogen) atoms. The topological polar surface area (TPSA) is 146 Å². The summed E-state index contributed by atoms with van der Waals surface area (Å²) < 4.78 is 21.2. The van der Waals surface area contributed by atoms with Crippen molar-refractivity contribution >= 4 is 23.9 Å². The molecule has 2 N–H and O–H groups in total. The van der Waals surface area contributed by atoms with Crippen LogP contribution in [-0.2, 0) is 19.1 Å². The van der Waals surface area contributed by atoms with E-state index in [0.29, 0.717) is 35.7 Å². The van der Waals surface area contributed by atoms with Crippen LogP contribution in [0.15, 0.2) is 48.5 Å². The summed E-state index contributed by atoms with van der Waals surface area (Å²) in [5, 5.41) is 18.4. The predicted octanol–water partition coefficient (Wildman–Crippen LogP) is 6.45. The summed E-state index contributed by atoms with van der Waals surface area (Å²) in [6.07, 6.45) is 9.96. The maximum Gasteiger partial charge on any atom is 0.343 e. The summed E-state index contributed by atoms with van der Waals surface area (Å²) in [6.45, 7) is 5.26. The van der Waals surface area contributed by atoms with Crippen molar-refractivity contribution in [3.05, 3.63) is 59.7 Å². The SMILES string of the molecule is CCC(C)COC(=O)c1ccc(OC(=O)c2ccc(OC(=O)CCCCCCCCCCCOC(=O)C(C)(CO)CO)cc2)cc1. The first kappa shape index (κ1) is 38.4. The Hall–Kier alpha value is -3.76. The Morgan fingerprint density at radius 1 is 0.674 bits per heavy atom. The molecule has 0 saturated carbocycles. The lowest BCUT2D eigenvalue weighted by molar-refractivity contribution is -0.160. The molecule has 0 spiro atoms. The molecule has 0 radical (unpaired) electrons. The van der Waals surface area contributed by atoms with Crippen molar-refractivity contribution in [3.63, 3.8) is 0 Å². The molecule has 0 aliphatic rings. The van der Waals surface area contributed by atoms with Crippen LogP contribution in [0.25, 0.3) is 0 Å². The van der Waals surface area contributed by atoms with Gasteiger partial charge in [0.15, 0.2) is 0 Å². The summed E-state index contributed by atoms with van der Waals surface area (Å²) in [5.74, 6) is -0.957. The minimum absolute atomic E-state index is 0.286. The number of aliphatic hydroxyl groups excluding tert-OH is 2. The van der Waals surface area contributed by atoms with Crippen molar-refractivity contribution in [3.8, 4) is 11.5 Å². The molecule has 1 unspecified atom stereocenters. The molecule has 2 aromatic rings. The second-order valence-electron chi connectivity index (χ2n) is 12.0. The van der Waals surface area contributed by atoms with Gasteiger partial charge in [-0.05, 0) is 74.2 Å². The highest BCUT2D eigenvalue weighted by Crippen LogP contribution is 2.19. The van der Waals surface area contributed by atoms with E-state index in [-0.39, 0.29) is 18.5 Å². The summed E-state index contributed by atoms with van der Waals surface area (Å²) in [4.78, 5) is 48.8. The van der Waals surface area contributed by atoms with Crippen LogP contribution in [0.5, 0.6) is 11.5 Å². The predicted molar refractivity (Wildman–Crippen MR) is 173 cm³/mol. The van der Waals surface area contributed by atoms with E-state index < -0.39 is 36.5 Å². The Balaban J connectivity index is 1.55. The Morgan fingerprint density at radius 3 is 1.67 bits per heavy atom. The fourth-order valence-corrected chi connectivity index (χ4v) is 4.21. The molecule has 0 aliphatic carbocycles. The lowest BCUT2D eigenvalue weighted by Crippen LogP contribution is -2.37. The first-order chi connectivity index (χ1) is 22.1. The number of hydrogen-bond acceptors (Lipinski definition) is 10. The third kappa shape index (κ3) is 14.1. The standard InChI is InChI=1S/C36H50O10/c1-4-27(2)24-44-33(40)28-15-21-31(22-16-28)46-34(41)29-17-19-30(20-18-29)45-32(39)14-12-10-8-6-5-7-9-11-13-23-43-35(42)36(3,25-37)26-38/h15-22,27,37-38H,4-14,23-26H2,1-3H3. The number of esters is 4. The van der Waals surface area contributed by atoms with E-state index >= 15 is 0 Å². The van der Waals surface area contributed by atoms with Gasteiger partial charge in [-0.1, -0.05) is 65.2 Å². The number of unbranched alkanes of at least 4 members (excludes halogenated alkanes) is 8. The minimum Gasteiger partial charge on any atom is -0.465 e. The van der Waals surface area contributed by atoms with E-state index in [2.05, 4.69) is 0 Å². The monoisotopic (exact) mass is 642 g/mol. The lowest BCUT2D eigenvalue weighted by Gasteiger charge is -2.22. The molecule has 10 heteroatoms.